The fraction of sp³-hybridized carbons (Fsp3) is 0.452. The zero-order valence-electron chi connectivity index (χ0n) is 24.9. The lowest BCUT2D eigenvalue weighted by atomic mass is 9.87. The first-order chi connectivity index (χ1) is 20.5. The number of carbonyl (C=O) groups is 4. The van der Waals surface area contributed by atoms with Crippen LogP contribution in [0.1, 0.15) is 63.0 Å². The van der Waals surface area contributed by atoms with Crippen molar-refractivity contribution in [3.05, 3.63) is 58.7 Å². The van der Waals surface area contributed by atoms with Gasteiger partial charge in [-0.2, -0.15) is 5.26 Å². The summed E-state index contributed by atoms with van der Waals surface area (Å²) >= 11 is 0. The molecule has 0 amide bonds. The second-order valence-electron chi connectivity index (χ2n) is 9.74. The van der Waals surface area contributed by atoms with Crippen LogP contribution in [0, 0.1) is 11.3 Å². The van der Waals surface area contributed by atoms with E-state index >= 15 is 0 Å². The summed E-state index contributed by atoms with van der Waals surface area (Å²) < 4.78 is 39.4. The largest absolute Gasteiger partial charge is 0.497 e. The fourth-order valence-corrected chi connectivity index (χ4v) is 4.84. The van der Waals surface area contributed by atoms with E-state index in [1.165, 1.54) is 13.8 Å². The van der Waals surface area contributed by atoms with Crippen molar-refractivity contribution in [2.75, 3.05) is 20.3 Å². The van der Waals surface area contributed by atoms with Gasteiger partial charge in [-0.25, -0.2) is 0 Å². The van der Waals surface area contributed by atoms with Gasteiger partial charge in [0.15, 0.2) is 18.3 Å². The molecule has 2 aromatic carbocycles. The Kier molecular flexibility index (Phi) is 11.5. The minimum absolute atomic E-state index is 0.223. The average Bonchev–Trinajstić information content (AvgIpc) is 2.94. The molecular weight excluding hydrogens is 562 g/mol. The third-order valence-corrected chi connectivity index (χ3v) is 6.51. The Bertz CT molecular complexity index is 1370. The molecular formula is C31H35NO11. The van der Waals surface area contributed by atoms with Crippen molar-refractivity contribution in [1.29, 1.82) is 5.26 Å². The molecule has 3 rings (SSSR count). The number of hydrogen-bond donors (Lipinski definition) is 0. The van der Waals surface area contributed by atoms with Gasteiger partial charge < -0.3 is 33.2 Å². The van der Waals surface area contributed by atoms with Gasteiger partial charge in [0.1, 0.15) is 30.3 Å². The van der Waals surface area contributed by atoms with Crippen LogP contribution in [0.2, 0.25) is 0 Å². The highest BCUT2D eigenvalue weighted by molar-refractivity contribution is 5.69. The summed E-state index contributed by atoms with van der Waals surface area (Å²) in [6.07, 6.45) is -5.92. The molecule has 1 aliphatic heterocycles. The lowest BCUT2D eigenvalue weighted by Gasteiger charge is -2.45. The van der Waals surface area contributed by atoms with E-state index < -0.39 is 54.4 Å². The predicted octanol–water partition coefficient (Wildman–Crippen LogP) is 3.35. The number of ether oxygens (including phenoxy) is 7. The Morgan fingerprint density at radius 2 is 1.47 bits per heavy atom. The summed E-state index contributed by atoms with van der Waals surface area (Å²) in [7, 11) is 1.56. The second kappa shape index (κ2) is 15.0. The number of hydrogen-bond acceptors (Lipinski definition) is 12. The molecule has 0 aromatic heterocycles. The molecule has 0 radical (unpaired) electrons. The topological polar surface area (TPSA) is 157 Å². The smallest absolute Gasteiger partial charge is 0.303 e. The Morgan fingerprint density at radius 3 is 2.00 bits per heavy atom. The van der Waals surface area contributed by atoms with E-state index in [4.69, 9.17) is 33.2 Å². The molecule has 1 aliphatic rings. The van der Waals surface area contributed by atoms with Gasteiger partial charge in [0, 0.05) is 33.3 Å². The second-order valence-corrected chi connectivity index (χ2v) is 9.74. The maximum absolute atomic E-state index is 12.3. The Morgan fingerprint density at radius 1 is 0.860 bits per heavy atom. The summed E-state index contributed by atoms with van der Waals surface area (Å²) in [5.74, 6) is -1.87. The van der Waals surface area contributed by atoms with Crippen LogP contribution >= 0.6 is 0 Å². The number of benzene rings is 2. The highest BCUT2D eigenvalue weighted by Crippen LogP contribution is 2.42. The average molecular weight is 598 g/mol. The van der Waals surface area contributed by atoms with Crippen molar-refractivity contribution < 1.29 is 52.3 Å². The van der Waals surface area contributed by atoms with E-state index in [0.717, 1.165) is 19.4 Å². The molecule has 0 N–H and O–H groups in total. The predicted molar refractivity (Wildman–Crippen MR) is 149 cm³/mol. The molecule has 0 spiro atoms. The summed E-state index contributed by atoms with van der Waals surface area (Å²) in [4.78, 5) is 48.4. The molecule has 1 fully saturated rings. The number of carbonyl (C=O) groups excluding carboxylic acids is 4. The zero-order valence-corrected chi connectivity index (χ0v) is 24.9. The first kappa shape index (κ1) is 32.9. The maximum Gasteiger partial charge on any atom is 0.303 e. The zero-order chi connectivity index (χ0) is 31.7. The maximum atomic E-state index is 12.3. The van der Waals surface area contributed by atoms with E-state index in [-0.39, 0.29) is 19.0 Å². The monoisotopic (exact) mass is 597 g/mol. The lowest BCUT2D eigenvalue weighted by Crippen LogP contribution is -2.59. The number of esters is 4. The third-order valence-electron chi connectivity index (χ3n) is 6.51. The van der Waals surface area contributed by atoms with Crippen LogP contribution in [0.5, 0.6) is 11.5 Å². The first-order valence-electron chi connectivity index (χ1n) is 13.6. The summed E-state index contributed by atoms with van der Waals surface area (Å²) in [6.45, 7) is 6.29. The van der Waals surface area contributed by atoms with E-state index in [9.17, 15) is 24.4 Å². The van der Waals surface area contributed by atoms with Crippen LogP contribution in [0.4, 0.5) is 0 Å². The molecule has 1 heterocycles. The standard InChI is InChI=1S/C31H35NO11/c1-7-38-26-14-23(15-32)22(12-21-8-10-24(37-6)11-9-21)13-25(26)28-30(41-19(4)35)31(42-20(5)36)29(40-18(3)34)27(43-28)16-39-17(2)33/h8-11,13-14,27-31H,7,12,16H2,1-6H3/t27-,28+,29-,30+,31+/m1/s1. The summed E-state index contributed by atoms with van der Waals surface area (Å²) in [5, 5.41) is 9.99. The molecule has 43 heavy (non-hydrogen) atoms. The molecule has 12 nitrogen and oxygen atoms in total. The molecule has 0 saturated carbocycles. The highest BCUT2D eigenvalue weighted by atomic mass is 16.7. The molecule has 230 valence electrons. The van der Waals surface area contributed by atoms with Crippen molar-refractivity contribution in [3.63, 3.8) is 0 Å². The normalized spacial score (nSPS) is 21.1. The Balaban J connectivity index is 2.21. The Labute approximate surface area is 249 Å². The SMILES string of the molecule is CCOc1cc(C#N)c(Cc2ccc(OC)cc2)cc1[C@@H]1O[C@H](COC(C)=O)[C@@H](OC(C)=O)[C@H](OC(C)=O)[C@H]1OC(C)=O. The lowest BCUT2D eigenvalue weighted by molar-refractivity contribution is -0.254. The first-order valence-corrected chi connectivity index (χ1v) is 13.6. The van der Waals surface area contributed by atoms with Gasteiger partial charge >= 0.3 is 23.9 Å². The van der Waals surface area contributed by atoms with Crippen molar-refractivity contribution in [1.82, 2.24) is 0 Å². The molecule has 0 aliphatic carbocycles. The molecule has 2 aromatic rings. The minimum atomic E-state index is -1.35. The summed E-state index contributed by atoms with van der Waals surface area (Å²) in [5.41, 5.74) is 2.21. The van der Waals surface area contributed by atoms with Crippen LogP contribution in [0.15, 0.2) is 36.4 Å². The van der Waals surface area contributed by atoms with Gasteiger partial charge in [0.2, 0.25) is 0 Å². The van der Waals surface area contributed by atoms with Gasteiger partial charge in [-0.05, 0) is 48.7 Å². The minimum Gasteiger partial charge on any atom is -0.497 e. The van der Waals surface area contributed by atoms with Crippen LogP contribution in [0.25, 0.3) is 0 Å². The van der Waals surface area contributed by atoms with Crippen molar-refractivity contribution >= 4 is 23.9 Å². The van der Waals surface area contributed by atoms with Crippen LogP contribution < -0.4 is 9.47 Å². The highest BCUT2D eigenvalue weighted by Gasteiger charge is 2.53. The number of nitriles is 1. The van der Waals surface area contributed by atoms with E-state index in [1.807, 2.05) is 12.1 Å². The van der Waals surface area contributed by atoms with E-state index in [1.54, 1.807) is 38.3 Å². The van der Waals surface area contributed by atoms with Gasteiger partial charge in [0.05, 0.1) is 25.3 Å². The van der Waals surface area contributed by atoms with Crippen molar-refractivity contribution in [2.24, 2.45) is 0 Å². The van der Waals surface area contributed by atoms with Gasteiger partial charge in [-0.15, -0.1) is 0 Å². The van der Waals surface area contributed by atoms with Crippen molar-refractivity contribution in [3.8, 4) is 17.6 Å². The molecule has 0 bridgehead atoms. The Hall–Kier alpha value is -4.63. The van der Waals surface area contributed by atoms with E-state index in [2.05, 4.69) is 6.07 Å². The van der Waals surface area contributed by atoms with Crippen LogP contribution in [-0.4, -0.2) is 68.6 Å². The summed E-state index contributed by atoms with van der Waals surface area (Å²) in [6, 6.07) is 12.8. The third kappa shape index (κ3) is 8.68. The number of nitrogens with zero attached hydrogens (tertiary/aromatic N) is 1. The van der Waals surface area contributed by atoms with Crippen molar-refractivity contribution in [2.45, 2.75) is 71.6 Å². The molecule has 5 atom stereocenters. The number of rotatable bonds is 11. The van der Waals surface area contributed by atoms with Gasteiger partial charge in [-0.3, -0.25) is 19.2 Å². The quantitative estimate of drug-likeness (QED) is 0.275. The number of methoxy groups -OCH3 is 1. The van der Waals surface area contributed by atoms with Crippen LogP contribution in [-0.2, 0) is 49.3 Å². The van der Waals surface area contributed by atoms with E-state index in [0.29, 0.717) is 28.9 Å². The van der Waals surface area contributed by atoms with Gasteiger partial charge in [-0.1, -0.05) is 12.1 Å². The molecule has 12 heteroatoms. The van der Waals surface area contributed by atoms with Gasteiger partial charge in [0.25, 0.3) is 0 Å². The molecule has 0 unspecified atom stereocenters. The molecule has 1 saturated heterocycles. The fourth-order valence-electron chi connectivity index (χ4n) is 4.84. The van der Waals surface area contributed by atoms with Crippen LogP contribution in [0.3, 0.4) is 0 Å².